The summed E-state index contributed by atoms with van der Waals surface area (Å²) in [6.07, 6.45) is 0. The number of anilines is 1. The third-order valence-corrected chi connectivity index (χ3v) is 2.77. The molecule has 100 valence electrons. The van der Waals surface area contributed by atoms with E-state index in [1.54, 1.807) is 13.0 Å². The second kappa shape index (κ2) is 5.94. The maximum atomic E-state index is 11.9. The highest BCUT2D eigenvalue weighted by Gasteiger charge is 2.27. The number of hydrogen-bond donors (Lipinski definition) is 1. The van der Waals surface area contributed by atoms with Gasteiger partial charge in [-0.2, -0.15) is 13.2 Å². The van der Waals surface area contributed by atoms with E-state index in [1.165, 1.54) is 12.1 Å². The molecule has 0 saturated heterocycles. The molecular formula is C10H11F3N2O2S. The number of nitro groups is 1. The van der Waals surface area contributed by atoms with Crippen LogP contribution in [0, 0.1) is 17.0 Å². The molecule has 0 radical (unpaired) electrons. The maximum absolute atomic E-state index is 11.9. The number of hydrogen-bond acceptors (Lipinski definition) is 4. The van der Waals surface area contributed by atoms with E-state index in [-0.39, 0.29) is 35.4 Å². The molecular weight excluding hydrogens is 269 g/mol. The van der Waals surface area contributed by atoms with E-state index >= 15 is 0 Å². The molecule has 1 rings (SSSR count). The molecule has 0 amide bonds. The lowest BCUT2D eigenvalue weighted by atomic mass is 10.2. The minimum Gasteiger partial charge on any atom is -0.379 e. The minimum atomic E-state index is -4.28. The molecule has 0 bridgehead atoms. The molecule has 1 aromatic carbocycles. The van der Waals surface area contributed by atoms with Gasteiger partial charge in [0.05, 0.1) is 4.92 Å². The predicted octanol–water partition coefficient (Wildman–Crippen LogP) is 3.57. The summed E-state index contributed by atoms with van der Waals surface area (Å²) in [6, 6.07) is 4.44. The molecule has 0 aliphatic rings. The van der Waals surface area contributed by atoms with E-state index in [2.05, 4.69) is 5.32 Å². The van der Waals surface area contributed by atoms with Crippen LogP contribution in [0.5, 0.6) is 0 Å². The normalized spacial score (nSPS) is 11.3. The van der Waals surface area contributed by atoms with Gasteiger partial charge in [0, 0.05) is 18.4 Å². The summed E-state index contributed by atoms with van der Waals surface area (Å²) in [6.45, 7) is 1.76. The fraction of sp³-hybridized carbons (Fsp3) is 0.400. The Morgan fingerprint density at radius 1 is 1.44 bits per heavy atom. The van der Waals surface area contributed by atoms with Gasteiger partial charge in [-0.1, -0.05) is 6.07 Å². The Morgan fingerprint density at radius 3 is 2.67 bits per heavy atom. The van der Waals surface area contributed by atoms with Crippen LogP contribution in [0.2, 0.25) is 0 Å². The van der Waals surface area contributed by atoms with Crippen LogP contribution in [0.15, 0.2) is 18.2 Å². The fourth-order valence-corrected chi connectivity index (χ4v) is 1.74. The smallest absolute Gasteiger partial charge is 0.379 e. The molecule has 1 N–H and O–H groups in total. The first-order valence-corrected chi connectivity index (χ1v) is 5.98. The average molecular weight is 280 g/mol. The van der Waals surface area contributed by atoms with Gasteiger partial charge < -0.3 is 5.32 Å². The van der Waals surface area contributed by atoms with Crippen molar-refractivity contribution < 1.29 is 18.1 Å². The molecule has 0 saturated carbocycles. The SMILES string of the molecule is Cc1ccc([N+](=O)[O-])c(NCCSC(F)(F)F)c1. The summed E-state index contributed by atoms with van der Waals surface area (Å²) in [5.41, 5.74) is -3.38. The number of nitrogens with zero attached hydrogens (tertiary/aromatic N) is 1. The zero-order valence-corrected chi connectivity index (χ0v) is 10.3. The molecule has 0 aliphatic carbocycles. The Bertz CT molecular complexity index is 438. The maximum Gasteiger partial charge on any atom is 0.441 e. The zero-order chi connectivity index (χ0) is 13.8. The molecule has 1 aromatic rings. The molecule has 0 heterocycles. The van der Waals surface area contributed by atoms with E-state index in [1.807, 2.05) is 0 Å². The number of benzene rings is 1. The Kier molecular flexibility index (Phi) is 4.83. The summed E-state index contributed by atoms with van der Waals surface area (Å²) >= 11 is -0.161. The third-order valence-electron chi connectivity index (χ3n) is 2.03. The topological polar surface area (TPSA) is 55.2 Å². The standard InChI is InChI=1S/C10H11F3N2O2S/c1-7-2-3-9(15(16)17)8(6-7)14-4-5-18-10(11,12)13/h2-3,6,14H,4-5H2,1H3. The van der Waals surface area contributed by atoms with Gasteiger partial charge in [-0.3, -0.25) is 10.1 Å². The highest BCUT2D eigenvalue weighted by molar-refractivity contribution is 8.00. The molecule has 0 aliphatic heterocycles. The van der Waals surface area contributed by atoms with Gasteiger partial charge in [0.15, 0.2) is 0 Å². The number of nitrogens with one attached hydrogen (secondary N) is 1. The number of rotatable bonds is 5. The van der Waals surface area contributed by atoms with Gasteiger partial charge in [0.25, 0.3) is 5.69 Å². The zero-order valence-electron chi connectivity index (χ0n) is 9.45. The van der Waals surface area contributed by atoms with Crippen LogP contribution in [0.4, 0.5) is 24.5 Å². The number of thioether (sulfide) groups is 1. The highest BCUT2D eigenvalue weighted by Crippen LogP contribution is 2.30. The van der Waals surface area contributed by atoms with Crippen LogP contribution in [0.25, 0.3) is 0 Å². The molecule has 18 heavy (non-hydrogen) atoms. The molecule has 0 atom stereocenters. The number of halogens is 3. The lowest BCUT2D eigenvalue weighted by molar-refractivity contribution is -0.384. The number of nitro benzene ring substituents is 1. The van der Waals surface area contributed by atoms with Gasteiger partial charge in [-0.25, -0.2) is 0 Å². The van der Waals surface area contributed by atoms with Crippen LogP contribution in [0.3, 0.4) is 0 Å². The molecule has 8 heteroatoms. The van der Waals surface area contributed by atoms with Crippen molar-refractivity contribution >= 4 is 23.1 Å². The number of aryl methyl sites for hydroxylation is 1. The molecule has 4 nitrogen and oxygen atoms in total. The van der Waals surface area contributed by atoms with Gasteiger partial charge >= 0.3 is 5.51 Å². The molecule has 0 fully saturated rings. The van der Waals surface area contributed by atoms with Gasteiger partial charge in [0.1, 0.15) is 5.69 Å². The number of alkyl halides is 3. The van der Waals surface area contributed by atoms with Crippen molar-refractivity contribution in [3.63, 3.8) is 0 Å². The Balaban J connectivity index is 2.61. The first-order chi connectivity index (χ1) is 8.29. The van der Waals surface area contributed by atoms with Crippen LogP contribution < -0.4 is 5.32 Å². The van der Waals surface area contributed by atoms with Gasteiger partial charge in [-0.15, -0.1) is 0 Å². The predicted molar refractivity (Wildman–Crippen MR) is 64.8 cm³/mol. The lowest BCUT2D eigenvalue weighted by Gasteiger charge is -2.09. The van der Waals surface area contributed by atoms with Gasteiger partial charge in [-0.05, 0) is 30.3 Å². The molecule has 0 unspecified atom stereocenters. The minimum absolute atomic E-state index is 0.00840. The van der Waals surface area contributed by atoms with Crippen LogP contribution >= 0.6 is 11.8 Å². The second-order valence-corrected chi connectivity index (χ2v) is 4.66. The van der Waals surface area contributed by atoms with Crippen molar-refractivity contribution in [1.29, 1.82) is 0 Å². The largest absolute Gasteiger partial charge is 0.441 e. The van der Waals surface area contributed by atoms with Crippen molar-refractivity contribution in [2.75, 3.05) is 17.6 Å². The van der Waals surface area contributed by atoms with E-state index in [0.29, 0.717) is 0 Å². The van der Waals surface area contributed by atoms with E-state index in [4.69, 9.17) is 0 Å². The Hall–Kier alpha value is -1.44. The van der Waals surface area contributed by atoms with Crippen LogP contribution in [-0.2, 0) is 0 Å². The van der Waals surface area contributed by atoms with E-state index < -0.39 is 10.4 Å². The quantitative estimate of drug-likeness (QED) is 0.509. The summed E-state index contributed by atoms with van der Waals surface area (Å²) in [4.78, 5) is 10.1. The first-order valence-electron chi connectivity index (χ1n) is 4.99. The van der Waals surface area contributed by atoms with Crippen LogP contribution in [-0.4, -0.2) is 22.7 Å². The Morgan fingerprint density at radius 2 is 2.11 bits per heavy atom. The first kappa shape index (κ1) is 14.6. The van der Waals surface area contributed by atoms with Crippen molar-refractivity contribution in [2.45, 2.75) is 12.4 Å². The highest BCUT2D eigenvalue weighted by atomic mass is 32.2. The summed E-state index contributed by atoms with van der Waals surface area (Å²) in [5.74, 6) is -0.200. The molecule has 0 aromatic heterocycles. The van der Waals surface area contributed by atoms with Gasteiger partial charge in [0.2, 0.25) is 0 Å². The van der Waals surface area contributed by atoms with Crippen molar-refractivity contribution in [3.8, 4) is 0 Å². The monoisotopic (exact) mass is 280 g/mol. The van der Waals surface area contributed by atoms with Crippen molar-refractivity contribution in [3.05, 3.63) is 33.9 Å². The Labute approximate surface area is 106 Å². The third kappa shape index (κ3) is 4.82. The van der Waals surface area contributed by atoms with E-state index in [9.17, 15) is 23.3 Å². The molecule has 0 spiro atoms. The van der Waals surface area contributed by atoms with E-state index in [0.717, 1.165) is 5.56 Å². The second-order valence-electron chi connectivity index (χ2n) is 3.50. The summed E-state index contributed by atoms with van der Waals surface area (Å²) < 4.78 is 35.6. The lowest BCUT2D eigenvalue weighted by Crippen LogP contribution is -2.10. The summed E-state index contributed by atoms with van der Waals surface area (Å²) in [7, 11) is 0. The van der Waals surface area contributed by atoms with Crippen LogP contribution in [0.1, 0.15) is 5.56 Å². The van der Waals surface area contributed by atoms with Crippen molar-refractivity contribution in [1.82, 2.24) is 0 Å². The summed E-state index contributed by atoms with van der Waals surface area (Å²) in [5, 5.41) is 13.4. The average Bonchev–Trinajstić information content (AvgIpc) is 2.22. The fourth-order valence-electron chi connectivity index (χ4n) is 1.30. The van der Waals surface area contributed by atoms with Crippen molar-refractivity contribution in [2.24, 2.45) is 0 Å².